The minimum Gasteiger partial charge on any atom is -0.310 e. The second kappa shape index (κ2) is 6.08. The Hall–Kier alpha value is -2.53. The first-order chi connectivity index (χ1) is 12.0. The van der Waals surface area contributed by atoms with Crippen LogP contribution in [0.3, 0.4) is 0 Å². The van der Waals surface area contributed by atoms with E-state index in [1.54, 1.807) is 24.7 Å². The topological polar surface area (TPSA) is 54.9 Å². The largest absolute Gasteiger partial charge is 0.310 e. The van der Waals surface area contributed by atoms with Crippen molar-refractivity contribution in [3.63, 3.8) is 0 Å². The molecule has 3 aromatic rings. The summed E-state index contributed by atoms with van der Waals surface area (Å²) in [7, 11) is 0. The molecule has 6 heteroatoms. The Bertz CT molecular complexity index is 992. The number of fused-ring (bicyclic) bond motifs is 1. The van der Waals surface area contributed by atoms with Gasteiger partial charge in [-0.15, -0.1) is 0 Å². The minimum atomic E-state index is -1.03. The van der Waals surface area contributed by atoms with Crippen LogP contribution in [0.25, 0.3) is 21.9 Å². The van der Waals surface area contributed by atoms with E-state index in [0.29, 0.717) is 10.8 Å². The van der Waals surface area contributed by atoms with Gasteiger partial charge < -0.3 is 5.32 Å². The van der Waals surface area contributed by atoms with Gasteiger partial charge in [0.05, 0.1) is 10.9 Å². The fourth-order valence-electron chi connectivity index (χ4n) is 2.89. The maximum absolute atomic E-state index is 13.0. The summed E-state index contributed by atoms with van der Waals surface area (Å²) in [6, 6.07) is 7.58. The van der Waals surface area contributed by atoms with Crippen LogP contribution in [-0.2, 0) is 4.79 Å². The number of pyridine rings is 2. The highest BCUT2D eigenvalue weighted by Gasteiger charge is 2.43. The van der Waals surface area contributed by atoms with Crippen molar-refractivity contribution in [1.82, 2.24) is 9.97 Å². The molecule has 1 amide bonds. The van der Waals surface area contributed by atoms with Gasteiger partial charge in [-0.05, 0) is 59.7 Å². The molecule has 4 rings (SSSR count). The van der Waals surface area contributed by atoms with E-state index < -0.39 is 12.1 Å². The van der Waals surface area contributed by atoms with Gasteiger partial charge >= 0.3 is 0 Å². The smallest absolute Gasteiger partial charge is 0.231 e. The lowest BCUT2D eigenvalue weighted by molar-refractivity contribution is -0.117. The van der Waals surface area contributed by atoms with Crippen molar-refractivity contribution < 1.29 is 9.18 Å². The van der Waals surface area contributed by atoms with Crippen LogP contribution in [0, 0.1) is 12.8 Å². The number of anilines is 1. The van der Waals surface area contributed by atoms with Gasteiger partial charge in [-0.2, -0.15) is 0 Å². The highest BCUT2D eigenvalue weighted by atomic mass is 35.5. The summed E-state index contributed by atoms with van der Waals surface area (Å²) < 4.78 is 13.0. The second-order valence-electron chi connectivity index (χ2n) is 6.29. The van der Waals surface area contributed by atoms with Crippen molar-refractivity contribution in [1.29, 1.82) is 0 Å². The van der Waals surface area contributed by atoms with Crippen LogP contribution in [0.15, 0.2) is 42.9 Å². The Morgan fingerprint density at radius 2 is 2.12 bits per heavy atom. The summed E-state index contributed by atoms with van der Waals surface area (Å²) >= 11 is 6.41. The molecule has 0 spiro atoms. The summed E-state index contributed by atoms with van der Waals surface area (Å²) in [5.41, 5.74) is 3.05. The van der Waals surface area contributed by atoms with Crippen LogP contribution in [0.2, 0.25) is 5.02 Å². The molecule has 1 N–H and O–H groups in total. The van der Waals surface area contributed by atoms with Gasteiger partial charge in [0, 0.05) is 24.0 Å². The van der Waals surface area contributed by atoms with E-state index in [-0.39, 0.29) is 12.3 Å². The molecular weight excluding hydrogens is 341 g/mol. The number of aryl methyl sites for hydroxylation is 1. The van der Waals surface area contributed by atoms with Gasteiger partial charge in [-0.1, -0.05) is 11.6 Å². The van der Waals surface area contributed by atoms with Crippen molar-refractivity contribution in [2.75, 3.05) is 5.32 Å². The predicted molar refractivity (Wildman–Crippen MR) is 96.4 cm³/mol. The van der Waals surface area contributed by atoms with Gasteiger partial charge in [-0.25, -0.2) is 9.37 Å². The molecule has 0 radical (unpaired) electrons. The van der Waals surface area contributed by atoms with Crippen LogP contribution in [0.1, 0.15) is 12.0 Å². The van der Waals surface area contributed by atoms with Gasteiger partial charge in [0.2, 0.25) is 5.91 Å². The van der Waals surface area contributed by atoms with Crippen molar-refractivity contribution in [2.45, 2.75) is 19.5 Å². The molecule has 0 bridgehead atoms. The van der Waals surface area contributed by atoms with E-state index in [1.165, 1.54) is 0 Å². The van der Waals surface area contributed by atoms with E-state index in [1.807, 2.05) is 25.1 Å². The van der Waals surface area contributed by atoms with Crippen molar-refractivity contribution in [2.24, 2.45) is 5.92 Å². The molecule has 0 saturated heterocycles. The number of halogens is 2. The zero-order valence-corrected chi connectivity index (χ0v) is 14.2. The van der Waals surface area contributed by atoms with E-state index >= 15 is 0 Å². The third kappa shape index (κ3) is 3.07. The van der Waals surface area contributed by atoms with Gasteiger partial charge in [0.15, 0.2) is 0 Å². The molecule has 2 aromatic heterocycles. The Morgan fingerprint density at radius 3 is 2.84 bits per heavy atom. The molecule has 0 unspecified atom stereocenters. The summed E-state index contributed by atoms with van der Waals surface area (Å²) in [6.45, 7) is 1.99. The summed E-state index contributed by atoms with van der Waals surface area (Å²) in [5, 5.41) is 4.91. The lowest BCUT2D eigenvalue weighted by atomic mass is 10.00. The molecule has 1 aliphatic carbocycles. The molecule has 1 fully saturated rings. The first-order valence-electron chi connectivity index (χ1n) is 7.98. The first kappa shape index (κ1) is 16.0. The van der Waals surface area contributed by atoms with E-state index in [2.05, 4.69) is 15.3 Å². The average Bonchev–Trinajstić information content (AvgIpc) is 3.32. The Labute approximate surface area is 149 Å². The number of rotatable bonds is 3. The normalized spacial score (nSPS) is 19.0. The zero-order valence-electron chi connectivity index (χ0n) is 13.5. The Morgan fingerprint density at radius 1 is 1.32 bits per heavy atom. The zero-order chi connectivity index (χ0) is 17.6. The number of amides is 1. The lowest BCUT2D eigenvalue weighted by Crippen LogP contribution is -2.15. The number of hydrogen-bond donors (Lipinski definition) is 1. The van der Waals surface area contributed by atoms with Crippen molar-refractivity contribution >= 4 is 34.1 Å². The van der Waals surface area contributed by atoms with Crippen LogP contribution >= 0.6 is 11.6 Å². The SMILES string of the molecule is Cc1cnccc1-c1cc(Cl)c2cnc(NC(=O)[C@H]3C[C@H]3F)cc2c1. The molecule has 0 aliphatic heterocycles. The third-order valence-corrected chi connectivity index (χ3v) is 4.73. The van der Waals surface area contributed by atoms with E-state index in [4.69, 9.17) is 11.6 Å². The Kier molecular flexibility index (Phi) is 3.88. The number of carbonyl (C=O) groups is 1. The lowest BCUT2D eigenvalue weighted by Gasteiger charge is -2.10. The van der Waals surface area contributed by atoms with E-state index in [9.17, 15) is 9.18 Å². The van der Waals surface area contributed by atoms with Crippen molar-refractivity contribution in [3.8, 4) is 11.1 Å². The molecule has 126 valence electrons. The molecule has 25 heavy (non-hydrogen) atoms. The summed E-state index contributed by atoms with van der Waals surface area (Å²) in [5.74, 6) is -0.477. The number of nitrogens with zero attached hydrogens (tertiary/aromatic N) is 2. The summed E-state index contributed by atoms with van der Waals surface area (Å²) in [4.78, 5) is 20.2. The standard InChI is InChI=1S/C19H15ClFN3O/c1-10-8-22-3-2-13(10)11-4-12-6-18(23-9-15(12)16(20)5-11)24-19(25)14-7-17(14)21/h2-6,8-9,14,17H,7H2,1H3,(H,23,24,25)/t14-,17+/m0/s1. The minimum absolute atomic E-state index is 0.288. The number of nitrogens with one attached hydrogen (secondary N) is 1. The molecular formula is C19H15ClFN3O. The third-order valence-electron chi connectivity index (χ3n) is 4.42. The van der Waals surface area contributed by atoms with Crippen LogP contribution < -0.4 is 5.32 Å². The summed E-state index contributed by atoms with van der Waals surface area (Å²) in [6.07, 6.45) is 4.42. The monoisotopic (exact) mass is 355 g/mol. The number of aromatic nitrogens is 2. The molecule has 1 saturated carbocycles. The van der Waals surface area contributed by atoms with Crippen LogP contribution in [0.4, 0.5) is 10.2 Å². The average molecular weight is 356 g/mol. The van der Waals surface area contributed by atoms with Gasteiger partial charge in [0.1, 0.15) is 12.0 Å². The fourth-order valence-corrected chi connectivity index (χ4v) is 3.16. The van der Waals surface area contributed by atoms with E-state index in [0.717, 1.165) is 27.5 Å². The molecule has 1 aromatic carbocycles. The van der Waals surface area contributed by atoms with Gasteiger partial charge in [0.25, 0.3) is 0 Å². The van der Waals surface area contributed by atoms with Crippen LogP contribution in [-0.4, -0.2) is 22.0 Å². The Balaban J connectivity index is 1.73. The molecule has 2 heterocycles. The molecule has 1 aliphatic rings. The molecule has 2 atom stereocenters. The number of hydrogen-bond acceptors (Lipinski definition) is 3. The number of alkyl halides is 1. The highest BCUT2D eigenvalue weighted by Crippen LogP contribution is 2.35. The maximum atomic E-state index is 13.0. The van der Waals surface area contributed by atoms with Crippen LogP contribution in [0.5, 0.6) is 0 Å². The first-order valence-corrected chi connectivity index (χ1v) is 8.36. The van der Waals surface area contributed by atoms with Crippen molar-refractivity contribution in [3.05, 3.63) is 53.4 Å². The highest BCUT2D eigenvalue weighted by molar-refractivity contribution is 6.36. The second-order valence-corrected chi connectivity index (χ2v) is 6.69. The maximum Gasteiger partial charge on any atom is 0.231 e. The quantitative estimate of drug-likeness (QED) is 0.749. The number of carbonyl (C=O) groups excluding carboxylic acids is 1. The number of benzene rings is 1. The van der Waals surface area contributed by atoms with Gasteiger partial charge in [-0.3, -0.25) is 9.78 Å². The molecule has 4 nitrogen and oxygen atoms in total. The fraction of sp³-hybridized carbons (Fsp3) is 0.211. The predicted octanol–water partition coefficient (Wildman–Crippen LogP) is 4.56.